The van der Waals surface area contributed by atoms with E-state index >= 15 is 0 Å². The van der Waals surface area contributed by atoms with Gasteiger partial charge in [-0.3, -0.25) is 18.6 Å². The molecule has 0 bridgehead atoms. The first-order chi connectivity index (χ1) is 14.4. The number of hydrogen-bond donors (Lipinski definition) is 1. The highest BCUT2D eigenvalue weighted by Crippen LogP contribution is 2.21. The van der Waals surface area contributed by atoms with E-state index in [4.69, 9.17) is 0 Å². The summed E-state index contributed by atoms with van der Waals surface area (Å²) in [6.07, 6.45) is 1.41. The van der Waals surface area contributed by atoms with E-state index in [1.165, 1.54) is 35.6 Å². The average Bonchev–Trinajstić information content (AvgIpc) is 3.34. The second-order valence-corrected chi connectivity index (χ2v) is 8.52. The van der Waals surface area contributed by atoms with Crippen LogP contribution in [0.5, 0.6) is 0 Å². The molecule has 156 valence electrons. The van der Waals surface area contributed by atoms with Crippen LogP contribution in [0, 0.1) is 11.7 Å². The van der Waals surface area contributed by atoms with Crippen molar-refractivity contribution in [2.24, 2.45) is 5.92 Å². The molecule has 0 fully saturated rings. The van der Waals surface area contributed by atoms with Gasteiger partial charge in [0.25, 0.3) is 5.56 Å². The summed E-state index contributed by atoms with van der Waals surface area (Å²) in [5, 5.41) is 13.2. The zero-order valence-electron chi connectivity index (χ0n) is 16.8. The van der Waals surface area contributed by atoms with Gasteiger partial charge in [0.05, 0.1) is 5.52 Å². The molecule has 3 aromatic heterocycles. The number of thiophene rings is 1. The highest BCUT2D eigenvalue weighted by atomic mass is 32.1. The molecule has 4 aromatic rings. The molecule has 0 aliphatic heterocycles. The predicted molar refractivity (Wildman–Crippen MR) is 115 cm³/mol. The van der Waals surface area contributed by atoms with Crippen molar-refractivity contribution in [1.29, 1.82) is 0 Å². The highest BCUT2D eigenvalue weighted by Gasteiger charge is 2.18. The van der Waals surface area contributed by atoms with Crippen LogP contribution in [0.4, 0.5) is 10.1 Å². The van der Waals surface area contributed by atoms with Gasteiger partial charge in [-0.25, -0.2) is 4.39 Å². The summed E-state index contributed by atoms with van der Waals surface area (Å²) in [6, 6.07) is 7.57. The van der Waals surface area contributed by atoms with Crippen molar-refractivity contribution >= 4 is 38.9 Å². The van der Waals surface area contributed by atoms with E-state index in [9.17, 15) is 14.0 Å². The van der Waals surface area contributed by atoms with Gasteiger partial charge in [-0.05, 0) is 48.1 Å². The summed E-state index contributed by atoms with van der Waals surface area (Å²) in [5.74, 6) is 1.06. The van der Waals surface area contributed by atoms with Gasteiger partial charge in [0.15, 0.2) is 0 Å². The van der Waals surface area contributed by atoms with E-state index in [1.807, 2.05) is 15.8 Å². The fourth-order valence-electron chi connectivity index (χ4n) is 3.44. The quantitative estimate of drug-likeness (QED) is 0.486. The van der Waals surface area contributed by atoms with Gasteiger partial charge in [-0.15, -0.1) is 21.5 Å². The smallest absolute Gasteiger partial charge is 0.272 e. The number of fused-ring (bicyclic) bond motifs is 3. The molecule has 1 N–H and O–H groups in total. The van der Waals surface area contributed by atoms with E-state index in [2.05, 4.69) is 29.4 Å². The molecule has 7 nitrogen and oxygen atoms in total. The van der Waals surface area contributed by atoms with Crippen LogP contribution in [0.1, 0.15) is 32.5 Å². The molecule has 0 atom stereocenters. The molecule has 0 saturated heterocycles. The van der Waals surface area contributed by atoms with Crippen LogP contribution >= 0.6 is 11.3 Å². The summed E-state index contributed by atoms with van der Waals surface area (Å²) >= 11 is 1.41. The molecule has 0 radical (unpaired) electrons. The van der Waals surface area contributed by atoms with Crippen molar-refractivity contribution in [3.8, 4) is 0 Å². The third kappa shape index (κ3) is 3.97. The first kappa shape index (κ1) is 20.2. The topological polar surface area (TPSA) is 81.3 Å². The molecule has 0 spiro atoms. The number of hydrogen-bond acceptors (Lipinski definition) is 5. The SMILES string of the molecule is CC(C)Cn1c(=O)c2sccc2n2c(CCCC(=O)Nc3ccc(F)cc3)nnc12. The van der Waals surface area contributed by atoms with E-state index < -0.39 is 0 Å². The van der Waals surface area contributed by atoms with Gasteiger partial charge in [0, 0.05) is 25.1 Å². The van der Waals surface area contributed by atoms with Gasteiger partial charge < -0.3 is 5.32 Å². The van der Waals surface area contributed by atoms with Crippen LogP contribution in [0.15, 0.2) is 40.5 Å². The minimum Gasteiger partial charge on any atom is -0.326 e. The van der Waals surface area contributed by atoms with Crippen LogP contribution in [0.2, 0.25) is 0 Å². The maximum absolute atomic E-state index is 13.0. The average molecular weight is 428 g/mol. The number of anilines is 1. The zero-order chi connectivity index (χ0) is 21.3. The Morgan fingerprint density at radius 1 is 1.20 bits per heavy atom. The number of amides is 1. The lowest BCUT2D eigenvalue weighted by Gasteiger charge is -2.11. The predicted octanol–water partition coefficient (Wildman–Crippen LogP) is 3.86. The molecule has 1 amide bonds. The van der Waals surface area contributed by atoms with E-state index in [1.54, 1.807) is 4.57 Å². The van der Waals surface area contributed by atoms with Crippen molar-refractivity contribution in [3.05, 3.63) is 57.7 Å². The number of aryl methyl sites for hydroxylation is 1. The Bertz CT molecular complexity index is 1260. The summed E-state index contributed by atoms with van der Waals surface area (Å²) in [4.78, 5) is 25.1. The van der Waals surface area contributed by atoms with E-state index in [-0.39, 0.29) is 17.3 Å². The second-order valence-electron chi connectivity index (χ2n) is 7.60. The zero-order valence-corrected chi connectivity index (χ0v) is 17.6. The largest absolute Gasteiger partial charge is 0.326 e. The molecule has 0 saturated carbocycles. The van der Waals surface area contributed by atoms with Gasteiger partial charge >= 0.3 is 0 Å². The van der Waals surface area contributed by atoms with Crippen molar-refractivity contribution in [1.82, 2.24) is 19.2 Å². The molecule has 9 heteroatoms. The lowest BCUT2D eigenvalue weighted by atomic mass is 10.2. The van der Waals surface area contributed by atoms with Crippen molar-refractivity contribution in [3.63, 3.8) is 0 Å². The molecule has 30 heavy (non-hydrogen) atoms. The van der Waals surface area contributed by atoms with E-state index in [0.29, 0.717) is 47.9 Å². The second kappa shape index (κ2) is 8.35. The number of carbonyl (C=O) groups excluding carboxylic acids is 1. The van der Waals surface area contributed by atoms with Gasteiger partial charge in [-0.1, -0.05) is 13.8 Å². The van der Waals surface area contributed by atoms with Crippen molar-refractivity contribution in [2.45, 2.75) is 39.7 Å². The number of rotatable bonds is 7. The lowest BCUT2D eigenvalue weighted by molar-refractivity contribution is -0.116. The number of aromatic nitrogens is 4. The standard InChI is InChI=1S/C21H22FN5O2S/c1-13(2)12-26-20(29)19-16(10-11-30-19)27-17(24-25-21(26)27)4-3-5-18(28)23-15-8-6-14(22)7-9-15/h6-11,13H,3-5,12H2,1-2H3,(H,23,28). The van der Waals surface area contributed by atoms with Crippen LogP contribution < -0.4 is 10.9 Å². The summed E-state index contributed by atoms with van der Waals surface area (Å²) < 4.78 is 17.3. The maximum Gasteiger partial charge on any atom is 0.272 e. The molecular weight excluding hydrogens is 405 g/mol. The van der Waals surface area contributed by atoms with Gasteiger partial charge in [0.2, 0.25) is 11.7 Å². The Labute approximate surface area is 176 Å². The van der Waals surface area contributed by atoms with Crippen LogP contribution in [-0.4, -0.2) is 25.1 Å². The number of nitrogens with one attached hydrogen (secondary N) is 1. The summed E-state index contributed by atoms with van der Waals surface area (Å²) in [6.45, 7) is 4.67. The van der Waals surface area contributed by atoms with Gasteiger partial charge in [-0.2, -0.15) is 0 Å². The fourth-order valence-corrected chi connectivity index (χ4v) is 4.26. The van der Waals surface area contributed by atoms with E-state index in [0.717, 1.165) is 11.3 Å². The third-order valence-electron chi connectivity index (χ3n) is 4.76. The van der Waals surface area contributed by atoms with Crippen molar-refractivity contribution in [2.75, 3.05) is 5.32 Å². The Morgan fingerprint density at radius 3 is 2.70 bits per heavy atom. The Balaban J connectivity index is 1.53. The number of halogens is 1. The minimum atomic E-state index is -0.345. The van der Waals surface area contributed by atoms with Crippen molar-refractivity contribution < 1.29 is 9.18 Å². The van der Waals surface area contributed by atoms with Gasteiger partial charge in [0.1, 0.15) is 16.3 Å². The minimum absolute atomic E-state index is 0.0428. The Hall–Kier alpha value is -3.07. The number of carbonyl (C=O) groups is 1. The fraction of sp³-hybridized carbons (Fsp3) is 0.333. The highest BCUT2D eigenvalue weighted by molar-refractivity contribution is 7.17. The molecule has 4 rings (SSSR count). The van der Waals surface area contributed by atoms with Crippen LogP contribution in [-0.2, 0) is 17.8 Å². The summed E-state index contributed by atoms with van der Waals surface area (Å²) in [7, 11) is 0. The molecule has 0 aliphatic rings. The first-order valence-electron chi connectivity index (χ1n) is 9.83. The monoisotopic (exact) mass is 427 g/mol. The molecule has 0 aliphatic carbocycles. The molecule has 3 heterocycles. The third-order valence-corrected chi connectivity index (χ3v) is 5.65. The summed E-state index contributed by atoms with van der Waals surface area (Å²) in [5.41, 5.74) is 1.32. The first-order valence-corrected chi connectivity index (χ1v) is 10.7. The van der Waals surface area contributed by atoms with Crippen LogP contribution in [0.25, 0.3) is 16.0 Å². The maximum atomic E-state index is 13.0. The molecule has 1 aromatic carbocycles. The normalized spacial score (nSPS) is 11.6. The lowest BCUT2D eigenvalue weighted by Crippen LogP contribution is -2.24. The van der Waals surface area contributed by atoms with Crippen LogP contribution in [0.3, 0.4) is 0 Å². The molecular formula is C21H22FN5O2S. The Morgan fingerprint density at radius 2 is 1.97 bits per heavy atom. The molecule has 0 unspecified atom stereocenters. The number of nitrogens with zero attached hydrogens (tertiary/aromatic N) is 4. The number of benzene rings is 1. The Kier molecular flexibility index (Phi) is 5.63.